The third kappa shape index (κ3) is 4.29. The number of ether oxygens (including phenoxy) is 1. The second kappa shape index (κ2) is 7.96. The number of nitrogens with one attached hydrogen (secondary N) is 2. The average Bonchev–Trinajstić information content (AvgIpc) is 2.66. The summed E-state index contributed by atoms with van der Waals surface area (Å²) < 4.78 is 5.45. The van der Waals surface area contributed by atoms with E-state index >= 15 is 0 Å². The molecule has 0 radical (unpaired) electrons. The van der Waals surface area contributed by atoms with Crippen LogP contribution in [0.4, 0.5) is 5.69 Å². The Balaban J connectivity index is 1.88. The summed E-state index contributed by atoms with van der Waals surface area (Å²) in [6.45, 7) is 1.85. The lowest BCUT2D eigenvalue weighted by Crippen LogP contribution is -2.45. The van der Waals surface area contributed by atoms with Gasteiger partial charge in [-0.2, -0.15) is 0 Å². The van der Waals surface area contributed by atoms with Crippen LogP contribution in [0.3, 0.4) is 0 Å². The fourth-order valence-electron chi connectivity index (χ4n) is 2.83. The topological polar surface area (TPSA) is 93.5 Å². The van der Waals surface area contributed by atoms with Gasteiger partial charge in [0.05, 0.1) is 16.5 Å². The molecule has 0 amide bonds. The summed E-state index contributed by atoms with van der Waals surface area (Å²) >= 11 is 5.18. The molecule has 8 heteroatoms. The number of nitro groups is 1. The van der Waals surface area contributed by atoms with E-state index in [-0.39, 0.29) is 12.3 Å². The van der Waals surface area contributed by atoms with Gasteiger partial charge in [-0.25, -0.2) is 4.79 Å². The molecule has 0 aliphatic carbocycles. The largest absolute Gasteiger partial charge is 0.457 e. The highest BCUT2D eigenvalue weighted by atomic mass is 32.1. The van der Waals surface area contributed by atoms with E-state index in [2.05, 4.69) is 10.6 Å². The number of non-ortho nitro benzene ring substituents is 1. The Morgan fingerprint density at radius 3 is 2.67 bits per heavy atom. The van der Waals surface area contributed by atoms with Crippen LogP contribution in [0.1, 0.15) is 24.1 Å². The van der Waals surface area contributed by atoms with Gasteiger partial charge >= 0.3 is 5.97 Å². The van der Waals surface area contributed by atoms with Crippen molar-refractivity contribution in [2.45, 2.75) is 19.6 Å². The van der Waals surface area contributed by atoms with Crippen molar-refractivity contribution in [3.8, 4) is 0 Å². The monoisotopic (exact) mass is 383 g/mol. The Labute approximate surface area is 161 Å². The molecule has 0 spiro atoms. The third-order valence-corrected chi connectivity index (χ3v) is 4.34. The summed E-state index contributed by atoms with van der Waals surface area (Å²) in [6, 6.07) is 14.8. The standard InChI is InChI=1S/C19H17N3O4S/c1-12-16(18(23)26-11-13-6-3-2-4-7-13)17(21-19(27)20-12)14-8-5-9-15(10-14)22(24)25/h2-10,17H,11H2,1H3,(H2,20,21,27)/t17-/m1/s1. The van der Waals surface area contributed by atoms with E-state index in [1.807, 2.05) is 30.3 Å². The van der Waals surface area contributed by atoms with E-state index in [1.165, 1.54) is 12.1 Å². The molecule has 2 aromatic carbocycles. The first-order chi connectivity index (χ1) is 13.0. The summed E-state index contributed by atoms with van der Waals surface area (Å²) in [5, 5.41) is 17.3. The zero-order valence-electron chi connectivity index (χ0n) is 14.5. The Bertz CT molecular complexity index is 928. The fraction of sp³-hybridized carbons (Fsp3) is 0.158. The van der Waals surface area contributed by atoms with Crippen LogP contribution in [0.25, 0.3) is 0 Å². The molecule has 0 saturated heterocycles. The van der Waals surface area contributed by atoms with Crippen LogP contribution < -0.4 is 10.6 Å². The van der Waals surface area contributed by atoms with E-state index in [0.717, 1.165) is 5.56 Å². The fourth-order valence-corrected chi connectivity index (χ4v) is 3.10. The van der Waals surface area contributed by atoms with Gasteiger partial charge in [0.1, 0.15) is 6.61 Å². The first kappa shape index (κ1) is 18.5. The van der Waals surface area contributed by atoms with Gasteiger partial charge in [-0.05, 0) is 30.3 Å². The summed E-state index contributed by atoms with van der Waals surface area (Å²) in [7, 11) is 0. The molecule has 0 bridgehead atoms. The summed E-state index contributed by atoms with van der Waals surface area (Å²) in [4.78, 5) is 23.4. The Kier molecular flexibility index (Phi) is 5.46. The maximum atomic E-state index is 12.8. The minimum atomic E-state index is -0.637. The molecular weight excluding hydrogens is 366 g/mol. The van der Waals surface area contributed by atoms with Gasteiger partial charge in [0, 0.05) is 17.8 Å². The molecule has 138 valence electrons. The Hall–Kier alpha value is -3.26. The SMILES string of the molecule is CC1=C(C(=O)OCc2ccccc2)[C@@H](c2cccc([N+](=O)[O-])c2)NC(=S)N1. The highest BCUT2D eigenvalue weighted by molar-refractivity contribution is 7.80. The maximum absolute atomic E-state index is 12.8. The molecule has 0 fully saturated rings. The predicted molar refractivity (Wildman–Crippen MR) is 104 cm³/mol. The molecule has 1 heterocycles. The van der Waals surface area contributed by atoms with Gasteiger partial charge < -0.3 is 15.4 Å². The van der Waals surface area contributed by atoms with E-state index in [0.29, 0.717) is 21.9 Å². The number of hydrogen-bond donors (Lipinski definition) is 2. The predicted octanol–water partition coefficient (Wildman–Crippen LogP) is 3.13. The molecule has 1 aliphatic heterocycles. The van der Waals surface area contributed by atoms with Gasteiger partial charge in [-0.3, -0.25) is 10.1 Å². The minimum absolute atomic E-state index is 0.0617. The number of rotatable bonds is 5. The zero-order valence-corrected chi connectivity index (χ0v) is 15.3. The van der Waals surface area contributed by atoms with Crippen molar-refractivity contribution in [2.75, 3.05) is 0 Å². The van der Waals surface area contributed by atoms with Crippen LogP contribution in [0, 0.1) is 10.1 Å². The number of esters is 1. The second-order valence-corrected chi connectivity index (χ2v) is 6.39. The number of carbonyl (C=O) groups excluding carboxylic acids is 1. The van der Waals surface area contributed by atoms with E-state index in [1.54, 1.807) is 19.1 Å². The van der Waals surface area contributed by atoms with Crippen LogP contribution >= 0.6 is 12.2 Å². The normalized spacial score (nSPS) is 16.3. The van der Waals surface area contributed by atoms with Crippen LogP contribution in [-0.4, -0.2) is 16.0 Å². The van der Waals surface area contributed by atoms with E-state index in [4.69, 9.17) is 17.0 Å². The number of thiocarbonyl (C=S) groups is 1. The third-order valence-electron chi connectivity index (χ3n) is 4.12. The van der Waals surface area contributed by atoms with Gasteiger partial charge in [0.2, 0.25) is 0 Å². The summed E-state index contributed by atoms with van der Waals surface area (Å²) in [5.74, 6) is -0.518. The van der Waals surface area contributed by atoms with Gasteiger partial charge in [0.25, 0.3) is 5.69 Å². The lowest BCUT2D eigenvalue weighted by molar-refractivity contribution is -0.384. The molecule has 1 aliphatic rings. The number of nitrogens with zero attached hydrogens (tertiary/aromatic N) is 1. The molecular formula is C19H17N3O4S. The van der Waals surface area contributed by atoms with Gasteiger partial charge in [0.15, 0.2) is 5.11 Å². The van der Waals surface area contributed by atoms with E-state index < -0.39 is 16.9 Å². The lowest BCUT2D eigenvalue weighted by Gasteiger charge is -2.29. The number of nitro benzene ring substituents is 1. The van der Waals surface area contributed by atoms with Crippen molar-refractivity contribution in [3.05, 3.63) is 87.1 Å². The molecule has 1 atom stereocenters. The molecule has 0 saturated carbocycles. The van der Waals surface area contributed by atoms with Crippen molar-refractivity contribution >= 4 is 29.0 Å². The highest BCUT2D eigenvalue weighted by Crippen LogP contribution is 2.29. The molecule has 7 nitrogen and oxygen atoms in total. The smallest absolute Gasteiger partial charge is 0.338 e. The Morgan fingerprint density at radius 1 is 1.22 bits per heavy atom. The van der Waals surface area contributed by atoms with Crippen LogP contribution in [0.5, 0.6) is 0 Å². The molecule has 2 N–H and O–H groups in total. The first-order valence-corrected chi connectivity index (χ1v) is 8.60. The molecule has 2 aromatic rings. The average molecular weight is 383 g/mol. The Morgan fingerprint density at radius 2 is 1.96 bits per heavy atom. The minimum Gasteiger partial charge on any atom is -0.457 e. The second-order valence-electron chi connectivity index (χ2n) is 5.98. The van der Waals surface area contributed by atoms with Crippen LogP contribution in [-0.2, 0) is 16.1 Å². The summed E-state index contributed by atoms with van der Waals surface area (Å²) in [6.07, 6.45) is 0. The highest BCUT2D eigenvalue weighted by Gasteiger charge is 2.31. The van der Waals surface area contributed by atoms with Crippen molar-refractivity contribution in [1.82, 2.24) is 10.6 Å². The maximum Gasteiger partial charge on any atom is 0.338 e. The first-order valence-electron chi connectivity index (χ1n) is 8.19. The quantitative estimate of drug-likeness (QED) is 0.355. The van der Waals surface area contributed by atoms with Gasteiger partial charge in [-0.15, -0.1) is 0 Å². The molecule has 27 heavy (non-hydrogen) atoms. The van der Waals surface area contributed by atoms with Crippen molar-refractivity contribution in [2.24, 2.45) is 0 Å². The summed E-state index contributed by atoms with van der Waals surface area (Å²) in [5.41, 5.74) is 2.24. The van der Waals surface area contributed by atoms with Gasteiger partial charge in [-0.1, -0.05) is 42.5 Å². The van der Waals surface area contributed by atoms with Crippen molar-refractivity contribution in [3.63, 3.8) is 0 Å². The van der Waals surface area contributed by atoms with E-state index in [9.17, 15) is 14.9 Å². The molecule has 0 unspecified atom stereocenters. The molecule has 3 rings (SSSR count). The number of benzene rings is 2. The molecule has 0 aromatic heterocycles. The lowest BCUT2D eigenvalue weighted by atomic mass is 9.95. The number of allylic oxidation sites excluding steroid dienone is 1. The van der Waals surface area contributed by atoms with Crippen molar-refractivity contribution < 1.29 is 14.5 Å². The number of carbonyl (C=O) groups is 1. The number of hydrogen-bond acceptors (Lipinski definition) is 5. The zero-order chi connectivity index (χ0) is 19.4. The van der Waals surface area contributed by atoms with Crippen LogP contribution in [0.2, 0.25) is 0 Å². The van der Waals surface area contributed by atoms with Crippen LogP contribution in [0.15, 0.2) is 65.9 Å². The van der Waals surface area contributed by atoms with Crippen molar-refractivity contribution in [1.29, 1.82) is 0 Å².